The second kappa shape index (κ2) is 5.85. The van der Waals surface area contributed by atoms with Gasteiger partial charge in [-0.1, -0.05) is 44.2 Å². The minimum atomic E-state index is 0.279. The first-order valence-electron chi connectivity index (χ1n) is 6.97. The molecule has 0 bridgehead atoms. The van der Waals surface area contributed by atoms with Gasteiger partial charge in [0.2, 0.25) is 0 Å². The molecule has 2 nitrogen and oxygen atoms in total. The van der Waals surface area contributed by atoms with Crippen LogP contribution >= 0.6 is 0 Å². The highest BCUT2D eigenvalue weighted by atomic mass is 16.5. The van der Waals surface area contributed by atoms with Crippen molar-refractivity contribution in [3.05, 3.63) is 35.9 Å². The Labute approximate surface area is 111 Å². The molecule has 18 heavy (non-hydrogen) atoms. The highest BCUT2D eigenvalue weighted by Crippen LogP contribution is 2.42. The van der Waals surface area contributed by atoms with E-state index in [0.717, 1.165) is 25.9 Å². The zero-order valence-electron chi connectivity index (χ0n) is 11.8. The molecule has 0 spiro atoms. The summed E-state index contributed by atoms with van der Waals surface area (Å²) in [4.78, 5) is 0. The molecule has 0 aliphatic heterocycles. The molecular formula is C16H25NO. The molecule has 1 N–H and O–H groups in total. The molecule has 1 fully saturated rings. The highest BCUT2D eigenvalue weighted by molar-refractivity contribution is 5.14. The summed E-state index contributed by atoms with van der Waals surface area (Å²) in [6.07, 6.45) is 3.80. The number of benzene rings is 1. The molecule has 1 aliphatic rings. The van der Waals surface area contributed by atoms with Crippen molar-refractivity contribution >= 4 is 0 Å². The third kappa shape index (κ3) is 2.93. The fourth-order valence-electron chi connectivity index (χ4n) is 2.80. The van der Waals surface area contributed by atoms with Crippen molar-refractivity contribution in [3.8, 4) is 0 Å². The standard InChI is InChI=1S/C16H25NO/c1-16(2)14(17-3)12-15(16)18-11-7-10-13-8-5-4-6-9-13/h4-6,8-9,14-15,17H,7,10-12H2,1-3H3. The maximum atomic E-state index is 6.01. The minimum absolute atomic E-state index is 0.279. The van der Waals surface area contributed by atoms with E-state index in [4.69, 9.17) is 4.74 Å². The Morgan fingerprint density at radius 3 is 2.61 bits per heavy atom. The zero-order valence-corrected chi connectivity index (χ0v) is 11.8. The van der Waals surface area contributed by atoms with Gasteiger partial charge < -0.3 is 10.1 Å². The SMILES string of the molecule is CNC1CC(OCCCc2ccccc2)C1(C)C. The van der Waals surface area contributed by atoms with E-state index in [-0.39, 0.29) is 5.41 Å². The first-order chi connectivity index (χ1) is 8.64. The lowest BCUT2D eigenvalue weighted by atomic mass is 9.64. The van der Waals surface area contributed by atoms with Gasteiger partial charge in [-0.2, -0.15) is 0 Å². The topological polar surface area (TPSA) is 21.3 Å². The molecule has 0 saturated heterocycles. The van der Waals surface area contributed by atoms with Gasteiger partial charge in [-0.05, 0) is 31.9 Å². The van der Waals surface area contributed by atoms with E-state index >= 15 is 0 Å². The van der Waals surface area contributed by atoms with Crippen molar-refractivity contribution in [1.29, 1.82) is 0 Å². The minimum Gasteiger partial charge on any atom is -0.378 e. The Hall–Kier alpha value is -0.860. The molecule has 100 valence electrons. The van der Waals surface area contributed by atoms with E-state index in [1.165, 1.54) is 5.56 Å². The van der Waals surface area contributed by atoms with Crippen molar-refractivity contribution < 1.29 is 4.74 Å². The number of ether oxygens (including phenoxy) is 1. The Morgan fingerprint density at radius 1 is 1.28 bits per heavy atom. The smallest absolute Gasteiger partial charge is 0.0655 e. The van der Waals surface area contributed by atoms with Crippen molar-refractivity contribution in [3.63, 3.8) is 0 Å². The first kappa shape index (κ1) is 13.6. The van der Waals surface area contributed by atoms with Crippen LogP contribution < -0.4 is 5.32 Å². The summed E-state index contributed by atoms with van der Waals surface area (Å²) >= 11 is 0. The molecule has 2 heteroatoms. The Morgan fingerprint density at radius 2 is 2.00 bits per heavy atom. The summed E-state index contributed by atoms with van der Waals surface area (Å²) in [7, 11) is 2.04. The maximum Gasteiger partial charge on any atom is 0.0655 e. The van der Waals surface area contributed by atoms with Crippen LogP contribution in [0.15, 0.2) is 30.3 Å². The lowest BCUT2D eigenvalue weighted by molar-refractivity contribution is -0.116. The second-order valence-electron chi connectivity index (χ2n) is 5.85. The predicted molar refractivity (Wildman–Crippen MR) is 75.7 cm³/mol. The summed E-state index contributed by atoms with van der Waals surface area (Å²) in [5.74, 6) is 0. The average molecular weight is 247 g/mol. The van der Waals surface area contributed by atoms with E-state index in [1.54, 1.807) is 0 Å². The van der Waals surface area contributed by atoms with Gasteiger partial charge in [0.25, 0.3) is 0 Å². The lowest BCUT2D eigenvalue weighted by Crippen LogP contribution is -2.60. The van der Waals surface area contributed by atoms with Crippen LogP contribution in [0.25, 0.3) is 0 Å². The molecule has 0 radical (unpaired) electrons. The van der Waals surface area contributed by atoms with E-state index in [0.29, 0.717) is 12.1 Å². The summed E-state index contributed by atoms with van der Waals surface area (Å²) in [6, 6.07) is 11.2. The van der Waals surface area contributed by atoms with E-state index < -0.39 is 0 Å². The van der Waals surface area contributed by atoms with E-state index in [9.17, 15) is 0 Å². The monoisotopic (exact) mass is 247 g/mol. The van der Waals surface area contributed by atoms with Gasteiger partial charge in [0.1, 0.15) is 0 Å². The van der Waals surface area contributed by atoms with Crippen LogP contribution in [0.1, 0.15) is 32.3 Å². The summed E-state index contributed by atoms with van der Waals surface area (Å²) in [6.45, 7) is 5.46. The molecule has 2 rings (SSSR count). The molecule has 0 amide bonds. The van der Waals surface area contributed by atoms with Crippen LogP contribution in [0.3, 0.4) is 0 Å². The quantitative estimate of drug-likeness (QED) is 0.780. The predicted octanol–water partition coefficient (Wildman–Crippen LogP) is 3.02. The zero-order chi connectivity index (χ0) is 13.0. The second-order valence-corrected chi connectivity index (χ2v) is 5.85. The van der Waals surface area contributed by atoms with Crippen LogP contribution in [0.4, 0.5) is 0 Å². The van der Waals surface area contributed by atoms with Crippen molar-refractivity contribution in [2.24, 2.45) is 5.41 Å². The van der Waals surface area contributed by atoms with Crippen LogP contribution in [-0.2, 0) is 11.2 Å². The lowest BCUT2D eigenvalue weighted by Gasteiger charge is -2.51. The number of rotatable bonds is 6. The molecule has 1 aromatic carbocycles. The Kier molecular flexibility index (Phi) is 4.41. The van der Waals surface area contributed by atoms with Crippen molar-refractivity contribution in [1.82, 2.24) is 5.32 Å². The Bertz CT molecular complexity index is 361. The molecule has 0 aromatic heterocycles. The van der Waals surface area contributed by atoms with Gasteiger partial charge in [0, 0.05) is 18.1 Å². The number of hydrogen-bond donors (Lipinski definition) is 1. The van der Waals surface area contributed by atoms with Crippen molar-refractivity contribution in [2.75, 3.05) is 13.7 Å². The summed E-state index contributed by atoms with van der Waals surface area (Å²) < 4.78 is 6.01. The Balaban J connectivity index is 1.65. The normalized spacial score (nSPS) is 25.7. The molecule has 2 atom stereocenters. The van der Waals surface area contributed by atoms with Crippen molar-refractivity contribution in [2.45, 2.75) is 45.3 Å². The van der Waals surface area contributed by atoms with Gasteiger partial charge in [-0.25, -0.2) is 0 Å². The summed E-state index contributed by atoms with van der Waals surface area (Å²) in [5.41, 5.74) is 1.68. The van der Waals surface area contributed by atoms with Crippen LogP contribution in [0.2, 0.25) is 0 Å². The van der Waals surface area contributed by atoms with Gasteiger partial charge in [-0.3, -0.25) is 0 Å². The highest BCUT2D eigenvalue weighted by Gasteiger charge is 2.47. The molecule has 1 aliphatic carbocycles. The average Bonchev–Trinajstić information content (AvgIpc) is 2.38. The number of hydrogen-bond acceptors (Lipinski definition) is 2. The molecule has 0 heterocycles. The first-order valence-corrected chi connectivity index (χ1v) is 6.97. The molecule has 2 unspecified atom stereocenters. The molecular weight excluding hydrogens is 222 g/mol. The maximum absolute atomic E-state index is 6.01. The third-order valence-corrected chi connectivity index (χ3v) is 4.30. The fraction of sp³-hybridized carbons (Fsp3) is 0.625. The van der Waals surface area contributed by atoms with Crippen LogP contribution in [-0.4, -0.2) is 25.8 Å². The van der Waals surface area contributed by atoms with Gasteiger partial charge in [-0.15, -0.1) is 0 Å². The van der Waals surface area contributed by atoms with Crippen LogP contribution in [0, 0.1) is 5.41 Å². The van der Waals surface area contributed by atoms with E-state index in [2.05, 4.69) is 49.5 Å². The summed E-state index contributed by atoms with van der Waals surface area (Å²) in [5, 5.41) is 3.36. The third-order valence-electron chi connectivity index (χ3n) is 4.30. The largest absolute Gasteiger partial charge is 0.378 e. The molecule has 1 aromatic rings. The van der Waals surface area contributed by atoms with Gasteiger partial charge in [0.15, 0.2) is 0 Å². The molecule has 1 saturated carbocycles. The van der Waals surface area contributed by atoms with Crippen LogP contribution in [0.5, 0.6) is 0 Å². The fourth-order valence-corrected chi connectivity index (χ4v) is 2.80. The van der Waals surface area contributed by atoms with E-state index in [1.807, 2.05) is 7.05 Å². The number of aryl methyl sites for hydroxylation is 1. The van der Waals surface area contributed by atoms with Gasteiger partial charge in [0.05, 0.1) is 6.10 Å². The van der Waals surface area contributed by atoms with Gasteiger partial charge >= 0.3 is 0 Å². The number of nitrogens with one attached hydrogen (secondary N) is 1.